The molecule has 0 radical (unpaired) electrons. The van der Waals surface area contributed by atoms with Crippen molar-refractivity contribution in [3.8, 4) is 0 Å². The Kier molecular flexibility index (Phi) is 4.86. The highest BCUT2D eigenvalue weighted by Gasteiger charge is 2.19. The Hall–Kier alpha value is -2.82. The molecule has 1 amide bonds. The van der Waals surface area contributed by atoms with Crippen LogP contribution in [0.3, 0.4) is 0 Å². The van der Waals surface area contributed by atoms with Crippen LogP contribution in [0.4, 0.5) is 11.4 Å². The zero-order valence-electron chi connectivity index (χ0n) is 10.1. The Labute approximate surface area is 117 Å². The van der Waals surface area contributed by atoms with Gasteiger partial charge in [-0.1, -0.05) is 0 Å². The first-order valence-corrected chi connectivity index (χ1v) is 5.48. The van der Waals surface area contributed by atoms with Crippen LogP contribution in [0.25, 0.3) is 0 Å². The number of nitro benzene ring substituents is 2. The highest BCUT2D eigenvalue weighted by molar-refractivity contribution is 7.80. The number of carbonyl (C=O) groups excluding carboxylic acids is 1. The van der Waals surface area contributed by atoms with E-state index in [9.17, 15) is 25.0 Å². The molecular formula is C9H9N5O5S. The zero-order chi connectivity index (χ0) is 15.3. The molecule has 1 aromatic carbocycles. The molecule has 0 bridgehead atoms. The molecular weight excluding hydrogens is 290 g/mol. The number of benzene rings is 1. The molecule has 0 saturated heterocycles. The summed E-state index contributed by atoms with van der Waals surface area (Å²) in [6, 6.07) is 2.61. The fourth-order valence-corrected chi connectivity index (χ4v) is 1.24. The number of hydrogen-bond donors (Lipinski definition) is 3. The molecule has 0 saturated carbocycles. The Balaban J connectivity index is 3.04. The van der Waals surface area contributed by atoms with Crippen LogP contribution in [0, 0.1) is 20.2 Å². The molecule has 20 heavy (non-hydrogen) atoms. The van der Waals surface area contributed by atoms with E-state index in [2.05, 4.69) is 16.2 Å². The van der Waals surface area contributed by atoms with Crippen LogP contribution in [0.2, 0.25) is 0 Å². The van der Waals surface area contributed by atoms with Crippen LogP contribution in [0.1, 0.15) is 10.4 Å². The van der Waals surface area contributed by atoms with Crippen molar-refractivity contribution in [2.45, 2.75) is 0 Å². The predicted molar refractivity (Wildman–Crippen MR) is 72.0 cm³/mol. The molecule has 0 aliphatic heterocycles. The second kappa shape index (κ2) is 6.38. The van der Waals surface area contributed by atoms with E-state index in [-0.39, 0.29) is 10.7 Å². The van der Waals surface area contributed by atoms with E-state index in [1.807, 2.05) is 0 Å². The summed E-state index contributed by atoms with van der Waals surface area (Å²) in [4.78, 5) is 31.4. The summed E-state index contributed by atoms with van der Waals surface area (Å²) in [6.45, 7) is 0. The van der Waals surface area contributed by atoms with E-state index < -0.39 is 27.1 Å². The number of carbonyl (C=O) groups is 1. The first-order valence-electron chi connectivity index (χ1n) is 5.07. The van der Waals surface area contributed by atoms with E-state index in [1.54, 1.807) is 0 Å². The Bertz CT molecular complexity index is 558. The van der Waals surface area contributed by atoms with Gasteiger partial charge in [-0.3, -0.25) is 35.9 Å². The van der Waals surface area contributed by atoms with Gasteiger partial charge in [-0.25, -0.2) is 0 Å². The first-order chi connectivity index (χ1) is 9.35. The number of non-ortho nitro benzene ring substituents is 2. The minimum Gasteiger partial charge on any atom is -0.364 e. The summed E-state index contributed by atoms with van der Waals surface area (Å²) in [7, 11) is 1.51. The van der Waals surface area contributed by atoms with E-state index in [0.29, 0.717) is 0 Å². The third-order valence-corrected chi connectivity index (χ3v) is 2.41. The van der Waals surface area contributed by atoms with Crippen LogP contribution in [-0.2, 0) is 0 Å². The molecule has 106 valence electrons. The summed E-state index contributed by atoms with van der Waals surface area (Å²) < 4.78 is 0. The Morgan fingerprint density at radius 1 is 1.10 bits per heavy atom. The maximum absolute atomic E-state index is 11.7. The molecule has 0 aromatic heterocycles. The van der Waals surface area contributed by atoms with Gasteiger partial charge < -0.3 is 5.32 Å². The normalized spacial score (nSPS) is 9.45. The quantitative estimate of drug-likeness (QED) is 0.409. The number of amides is 1. The average Bonchev–Trinajstić information content (AvgIpc) is 2.43. The van der Waals surface area contributed by atoms with Gasteiger partial charge in [-0.2, -0.15) is 0 Å². The molecule has 11 heteroatoms. The Morgan fingerprint density at radius 3 is 2.00 bits per heavy atom. The van der Waals surface area contributed by atoms with Gasteiger partial charge in [0.2, 0.25) is 0 Å². The molecule has 0 aliphatic rings. The van der Waals surface area contributed by atoms with E-state index in [1.165, 1.54) is 7.05 Å². The highest BCUT2D eigenvalue weighted by atomic mass is 32.1. The maximum atomic E-state index is 11.7. The van der Waals surface area contributed by atoms with Crippen molar-refractivity contribution in [3.63, 3.8) is 0 Å². The van der Waals surface area contributed by atoms with Gasteiger partial charge in [0.05, 0.1) is 21.5 Å². The van der Waals surface area contributed by atoms with Crippen LogP contribution in [0.5, 0.6) is 0 Å². The number of nitro groups is 2. The van der Waals surface area contributed by atoms with Gasteiger partial charge in [-0.15, -0.1) is 0 Å². The average molecular weight is 299 g/mol. The molecule has 0 fully saturated rings. The lowest BCUT2D eigenvalue weighted by atomic mass is 10.1. The lowest BCUT2D eigenvalue weighted by Gasteiger charge is -2.08. The van der Waals surface area contributed by atoms with Crippen molar-refractivity contribution >= 4 is 34.6 Å². The van der Waals surface area contributed by atoms with E-state index in [4.69, 9.17) is 12.2 Å². The van der Waals surface area contributed by atoms with Crippen molar-refractivity contribution < 1.29 is 14.6 Å². The highest BCUT2D eigenvalue weighted by Crippen LogP contribution is 2.22. The van der Waals surface area contributed by atoms with Gasteiger partial charge in [-0.05, 0) is 12.2 Å². The van der Waals surface area contributed by atoms with Crippen molar-refractivity contribution in [3.05, 3.63) is 44.0 Å². The number of nitrogens with zero attached hydrogens (tertiary/aromatic N) is 2. The van der Waals surface area contributed by atoms with E-state index >= 15 is 0 Å². The van der Waals surface area contributed by atoms with Crippen LogP contribution in [0.15, 0.2) is 18.2 Å². The Morgan fingerprint density at radius 2 is 1.60 bits per heavy atom. The van der Waals surface area contributed by atoms with Crippen LogP contribution in [-0.4, -0.2) is 27.9 Å². The summed E-state index contributed by atoms with van der Waals surface area (Å²) in [5.41, 5.74) is 3.10. The fourth-order valence-electron chi connectivity index (χ4n) is 1.19. The summed E-state index contributed by atoms with van der Waals surface area (Å²) >= 11 is 4.70. The minimum atomic E-state index is -0.824. The maximum Gasteiger partial charge on any atom is 0.277 e. The number of rotatable bonds is 3. The number of hydrogen-bond acceptors (Lipinski definition) is 6. The van der Waals surface area contributed by atoms with Crippen LogP contribution < -0.4 is 16.2 Å². The molecule has 3 N–H and O–H groups in total. The third kappa shape index (κ3) is 3.84. The molecule has 0 unspecified atom stereocenters. The van der Waals surface area contributed by atoms with Crippen molar-refractivity contribution in [1.82, 2.24) is 16.2 Å². The molecule has 1 aromatic rings. The fraction of sp³-hybridized carbons (Fsp3) is 0.111. The molecule has 10 nitrogen and oxygen atoms in total. The largest absolute Gasteiger partial charge is 0.364 e. The second-order valence-electron chi connectivity index (χ2n) is 3.41. The monoisotopic (exact) mass is 299 g/mol. The topological polar surface area (TPSA) is 139 Å². The van der Waals surface area contributed by atoms with Gasteiger partial charge in [0, 0.05) is 19.2 Å². The SMILES string of the molecule is CNC(=S)NNC(=O)c1cc([N+](=O)[O-])cc([N+](=O)[O-])c1. The predicted octanol–water partition coefficient (Wildman–Crippen LogP) is 0.242. The van der Waals surface area contributed by atoms with Crippen molar-refractivity contribution in [1.29, 1.82) is 0 Å². The minimum absolute atomic E-state index is 0.110. The van der Waals surface area contributed by atoms with Crippen LogP contribution >= 0.6 is 12.2 Å². The van der Waals surface area contributed by atoms with Crippen molar-refractivity contribution in [2.24, 2.45) is 0 Å². The first kappa shape index (κ1) is 15.2. The molecule has 0 spiro atoms. The second-order valence-corrected chi connectivity index (χ2v) is 3.82. The smallest absolute Gasteiger partial charge is 0.277 e. The number of nitrogens with one attached hydrogen (secondary N) is 3. The van der Waals surface area contributed by atoms with Gasteiger partial charge >= 0.3 is 0 Å². The summed E-state index contributed by atoms with van der Waals surface area (Å²) in [5.74, 6) is -0.797. The van der Waals surface area contributed by atoms with Gasteiger partial charge in [0.25, 0.3) is 17.3 Å². The van der Waals surface area contributed by atoms with Gasteiger partial charge in [0.15, 0.2) is 5.11 Å². The molecule has 0 aliphatic carbocycles. The zero-order valence-corrected chi connectivity index (χ0v) is 10.9. The lowest BCUT2D eigenvalue weighted by molar-refractivity contribution is -0.394. The van der Waals surface area contributed by atoms with Crippen molar-refractivity contribution in [2.75, 3.05) is 7.05 Å². The summed E-state index contributed by atoms with van der Waals surface area (Å²) in [6.07, 6.45) is 0. The molecule has 0 atom stereocenters. The number of thiocarbonyl (C=S) groups is 1. The molecule has 0 heterocycles. The standard InChI is InChI=1S/C9H9N5O5S/c1-10-9(20)12-11-8(15)5-2-6(13(16)17)4-7(3-5)14(18)19/h2-4H,1H3,(H,11,15)(H2,10,12,20). The molecule has 1 rings (SSSR count). The van der Waals surface area contributed by atoms with Gasteiger partial charge in [0.1, 0.15) is 0 Å². The third-order valence-electron chi connectivity index (χ3n) is 2.10. The summed E-state index contributed by atoms with van der Waals surface area (Å²) in [5, 5.41) is 24.0. The lowest BCUT2D eigenvalue weighted by Crippen LogP contribution is -2.45. The van der Waals surface area contributed by atoms with E-state index in [0.717, 1.165) is 18.2 Å². The number of hydrazine groups is 1.